The standard InChI is InChI=1S/C8H18O/c1-7(6-9-5)8(2,3)4/h7H,6H2,1-5H3. The van der Waals surface area contributed by atoms with Gasteiger partial charge in [0, 0.05) is 13.7 Å². The van der Waals surface area contributed by atoms with Gasteiger partial charge in [-0.2, -0.15) is 0 Å². The molecule has 0 N–H and O–H groups in total. The molecule has 1 nitrogen and oxygen atoms in total. The first kappa shape index (κ1) is 8.96. The molecule has 1 atom stereocenters. The Morgan fingerprint density at radius 3 is 1.89 bits per heavy atom. The third kappa shape index (κ3) is 3.52. The molecule has 0 saturated carbocycles. The molecule has 0 amide bonds. The summed E-state index contributed by atoms with van der Waals surface area (Å²) in [6.07, 6.45) is 0. The van der Waals surface area contributed by atoms with E-state index in [1.807, 2.05) is 0 Å². The van der Waals surface area contributed by atoms with E-state index >= 15 is 0 Å². The minimum absolute atomic E-state index is 0.385. The Morgan fingerprint density at radius 2 is 1.78 bits per heavy atom. The summed E-state index contributed by atoms with van der Waals surface area (Å²) < 4.78 is 5.03. The van der Waals surface area contributed by atoms with Crippen LogP contribution in [-0.2, 0) is 4.74 Å². The quantitative estimate of drug-likeness (QED) is 0.557. The topological polar surface area (TPSA) is 9.23 Å². The molecule has 0 aliphatic heterocycles. The molecule has 9 heavy (non-hydrogen) atoms. The number of hydrogen-bond acceptors (Lipinski definition) is 1. The summed E-state index contributed by atoms with van der Waals surface area (Å²) in [5.74, 6) is 0.641. The van der Waals surface area contributed by atoms with Crippen LogP contribution >= 0.6 is 0 Å². The lowest BCUT2D eigenvalue weighted by Gasteiger charge is -2.26. The Balaban J connectivity index is 3.59. The molecule has 0 aliphatic carbocycles. The summed E-state index contributed by atoms with van der Waals surface area (Å²) in [7, 11) is 1.75. The molecule has 1 unspecified atom stereocenters. The third-order valence-electron chi connectivity index (χ3n) is 1.90. The van der Waals surface area contributed by atoms with Gasteiger partial charge >= 0.3 is 0 Å². The van der Waals surface area contributed by atoms with E-state index < -0.39 is 0 Å². The first-order valence-electron chi connectivity index (χ1n) is 3.47. The first-order valence-corrected chi connectivity index (χ1v) is 3.47. The number of methoxy groups -OCH3 is 1. The Kier molecular flexibility index (Phi) is 3.20. The van der Waals surface area contributed by atoms with Crippen LogP contribution in [0.2, 0.25) is 0 Å². The van der Waals surface area contributed by atoms with Gasteiger partial charge in [-0.25, -0.2) is 0 Å². The lowest BCUT2D eigenvalue weighted by molar-refractivity contribution is 0.101. The summed E-state index contributed by atoms with van der Waals surface area (Å²) >= 11 is 0. The molecule has 0 radical (unpaired) electrons. The van der Waals surface area contributed by atoms with Gasteiger partial charge in [0.15, 0.2) is 0 Å². The van der Waals surface area contributed by atoms with Crippen molar-refractivity contribution in [2.75, 3.05) is 13.7 Å². The van der Waals surface area contributed by atoms with Crippen LogP contribution in [0.3, 0.4) is 0 Å². The fourth-order valence-corrected chi connectivity index (χ4v) is 0.500. The largest absolute Gasteiger partial charge is 0.384 e. The van der Waals surface area contributed by atoms with Crippen molar-refractivity contribution in [2.24, 2.45) is 11.3 Å². The Hall–Kier alpha value is -0.0400. The summed E-state index contributed by atoms with van der Waals surface area (Å²) in [4.78, 5) is 0. The Morgan fingerprint density at radius 1 is 1.33 bits per heavy atom. The van der Waals surface area contributed by atoms with Crippen LogP contribution in [0.15, 0.2) is 0 Å². The van der Waals surface area contributed by atoms with Crippen molar-refractivity contribution in [3.05, 3.63) is 0 Å². The zero-order valence-electron chi connectivity index (χ0n) is 7.19. The van der Waals surface area contributed by atoms with Gasteiger partial charge in [-0.05, 0) is 11.3 Å². The minimum Gasteiger partial charge on any atom is -0.384 e. The molecule has 0 heterocycles. The second-order valence-electron chi connectivity index (χ2n) is 3.72. The molecule has 0 aromatic rings. The first-order chi connectivity index (χ1) is 3.98. The van der Waals surface area contributed by atoms with Gasteiger partial charge in [0.1, 0.15) is 0 Å². The maximum Gasteiger partial charge on any atom is 0.0492 e. The summed E-state index contributed by atoms with van der Waals surface area (Å²) in [6.45, 7) is 9.77. The second-order valence-corrected chi connectivity index (χ2v) is 3.72. The summed E-state index contributed by atoms with van der Waals surface area (Å²) in [5, 5.41) is 0. The van der Waals surface area contributed by atoms with Crippen molar-refractivity contribution in [3.63, 3.8) is 0 Å². The average molecular weight is 130 g/mol. The van der Waals surface area contributed by atoms with Crippen LogP contribution < -0.4 is 0 Å². The van der Waals surface area contributed by atoms with Crippen LogP contribution in [0.25, 0.3) is 0 Å². The molecule has 0 rings (SSSR count). The molecular weight excluding hydrogens is 112 g/mol. The van der Waals surface area contributed by atoms with E-state index in [-0.39, 0.29) is 0 Å². The second kappa shape index (κ2) is 3.21. The fraction of sp³-hybridized carbons (Fsp3) is 1.00. The Bertz CT molecular complexity index is 71.1. The van der Waals surface area contributed by atoms with Crippen molar-refractivity contribution in [3.8, 4) is 0 Å². The zero-order chi connectivity index (χ0) is 7.49. The van der Waals surface area contributed by atoms with Crippen LogP contribution in [-0.4, -0.2) is 13.7 Å². The van der Waals surface area contributed by atoms with Gasteiger partial charge in [-0.3, -0.25) is 0 Å². The predicted molar refractivity (Wildman–Crippen MR) is 40.5 cm³/mol. The van der Waals surface area contributed by atoms with Crippen LogP contribution in [0.4, 0.5) is 0 Å². The molecule has 0 saturated heterocycles. The van der Waals surface area contributed by atoms with Crippen molar-refractivity contribution in [2.45, 2.75) is 27.7 Å². The van der Waals surface area contributed by atoms with Crippen molar-refractivity contribution in [1.29, 1.82) is 0 Å². The summed E-state index contributed by atoms with van der Waals surface area (Å²) in [6, 6.07) is 0. The maximum absolute atomic E-state index is 5.03. The van der Waals surface area contributed by atoms with Crippen LogP contribution in [0.1, 0.15) is 27.7 Å². The average Bonchev–Trinajstić information content (AvgIpc) is 1.64. The van der Waals surface area contributed by atoms with Gasteiger partial charge in [0.25, 0.3) is 0 Å². The maximum atomic E-state index is 5.03. The van der Waals surface area contributed by atoms with Gasteiger partial charge in [-0.1, -0.05) is 27.7 Å². The predicted octanol–water partition coefficient (Wildman–Crippen LogP) is 2.32. The Labute approximate surface area is 58.4 Å². The molecule has 1 heteroatoms. The van der Waals surface area contributed by atoms with Gasteiger partial charge in [-0.15, -0.1) is 0 Å². The highest BCUT2D eigenvalue weighted by Crippen LogP contribution is 2.24. The normalized spacial score (nSPS) is 15.7. The molecule has 0 aromatic carbocycles. The molecule has 0 spiro atoms. The van der Waals surface area contributed by atoms with E-state index in [1.165, 1.54) is 0 Å². The minimum atomic E-state index is 0.385. The zero-order valence-corrected chi connectivity index (χ0v) is 7.19. The number of rotatable bonds is 2. The molecule has 0 bridgehead atoms. The third-order valence-corrected chi connectivity index (χ3v) is 1.90. The molecule has 0 aromatic heterocycles. The van der Waals surface area contributed by atoms with E-state index in [0.717, 1.165) is 6.61 Å². The van der Waals surface area contributed by atoms with E-state index in [1.54, 1.807) is 7.11 Å². The molecule has 0 aliphatic rings. The fourth-order valence-electron chi connectivity index (χ4n) is 0.500. The van der Waals surface area contributed by atoms with Crippen molar-refractivity contribution < 1.29 is 4.74 Å². The van der Waals surface area contributed by atoms with Crippen LogP contribution in [0, 0.1) is 11.3 Å². The highest BCUT2D eigenvalue weighted by atomic mass is 16.5. The van der Waals surface area contributed by atoms with E-state index in [2.05, 4.69) is 27.7 Å². The molecule has 0 fully saturated rings. The van der Waals surface area contributed by atoms with Gasteiger partial charge in [0.05, 0.1) is 0 Å². The lowest BCUT2D eigenvalue weighted by atomic mass is 9.83. The number of ether oxygens (including phenoxy) is 1. The number of hydrogen-bond donors (Lipinski definition) is 0. The summed E-state index contributed by atoms with van der Waals surface area (Å²) in [5.41, 5.74) is 0.385. The van der Waals surface area contributed by atoms with E-state index in [4.69, 9.17) is 4.74 Å². The van der Waals surface area contributed by atoms with E-state index in [0.29, 0.717) is 11.3 Å². The van der Waals surface area contributed by atoms with Crippen molar-refractivity contribution >= 4 is 0 Å². The van der Waals surface area contributed by atoms with E-state index in [9.17, 15) is 0 Å². The lowest BCUT2D eigenvalue weighted by Crippen LogP contribution is -2.21. The monoisotopic (exact) mass is 130 g/mol. The van der Waals surface area contributed by atoms with Gasteiger partial charge in [0.2, 0.25) is 0 Å². The molecule has 56 valence electrons. The highest BCUT2D eigenvalue weighted by molar-refractivity contribution is 4.68. The van der Waals surface area contributed by atoms with Crippen molar-refractivity contribution in [1.82, 2.24) is 0 Å². The smallest absolute Gasteiger partial charge is 0.0492 e. The highest BCUT2D eigenvalue weighted by Gasteiger charge is 2.18. The molecular formula is C8H18O. The van der Waals surface area contributed by atoms with Gasteiger partial charge < -0.3 is 4.74 Å². The van der Waals surface area contributed by atoms with Crippen LogP contribution in [0.5, 0.6) is 0 Å². The SMILES string of the molecule is COCC(C)C(C)(C)C.